The lowest BCUT2D eigenvalue weighted by atomic mass is 9.66. The topological polar surface area (TPSA) is 6.48 Å². The smallest absolute Gasteiger partial charge is 0.0715 e. The van der Waals surface area contributed by atoms with Crippen LogP contribution in [0.4, 0.5) is 34.1 Å². The van der Waals surface area contributed by atoms with Gasteiger partial charge in [-0.05, 0) is 122 Å². The van der Waals surface area contributed by atoms with E-state index in [0.717, 1.165) is 34.1 Å². The predicted octanol–water partition coefficient (Wildman–Crippen LogP) is 16.4. The monoisotopic (exact) mass is 818 g/mol. The Morgan fingerprint density at radius 1 is 0.328 bits per heavy atom. The molecule has 0 saturated carbocycles. The van der Waals surface area contributed by atoms with Crippen molar-refractivity contribution in [1.82, 2.24) is 0 Å². The normalized spacial score (nSPS) is 15.2. The maximum atomic E-state index is 2.56. The van der Waals surface area contributed by atoms with Crippen LogP contribution >= 0.6 is 0 Å². The first-order chi connectivity index (χ1) is 31.5. The van der Waals surface area contributed by atoms with Crippen molar-refractivity contribution in [2.24, 2.45) is 0 Å². The van der Waals surface area contributed by atoms with Gasteiger partial charge in [-0.1, -0.05) is 196 Å². The van der Waals surface area contributed by atoms with E-state index in [1.807, 2.05) is 0 Å². The Hall–Kier alpha value is -7.94. The molecular weight excluding hydrogens is 773 g/mol. The van der Waals surface area contributed by atoms with E-state index >= 15 is 0 Å². The fraction of sp³-hybridized carbons (Fsp3) is 0.0645. The zero-order valence-corrected chi connectivity index (χ0v) is 36.0. The summed E-state index contributed by atoms with van der Waals surface area (Å²) in [7, 11) is 0. The van der Waals surface area contributed by atoms with Gasteiger partial charge in [-0.25, -0.2) is 0 Å². The maximum Gasteiger partial charge on any atom is 0.0715 e. The highest BCUT2D eigenvalue weighted by atomic mass is 15.2. The molecule has 2 aliphatic rings. The highest BCUT2D eigenvalue weighted by molar-refractivity contribution is 6.01. The molecular formula is C62H46N2. The molecule has 0 amide bonds. The molecule has 304 valence electrons. The van der Waals surface area contributed by atoms with Crippen molar-refractivity contribution in [3.63, 3.8) is 0 Å². The fourth-order valence-corrected chi connectivity index (χ4v) is 11.2. The van der Waals surface area contributed by atoms with E-state index in [-0.39, 0.29) is 5.41 Å². The van der Waals surface area contributed by atoms with E-state index in [0.29, 0.717) is 0 Å². The number of rotatable bonds is 8. The number of anilines is 6. The molecule has 0 fully saturated rings. The first kappa shape index (κ1) is 37.8. The summed E-state index contributed by atoms with van der Waals surface area (Å²) in [6.45, 7) is 4.84. The number of nitrogens with zero attached hydrogens (tertiary/aromatic N) is 2. The van der Waals surface area contributed by atoms with Crippen LogP contribution in [0.15, 0.2) is 243 Å². The molecule has 0 heterocycles. The van der Waals surface area contributed by atoms with Crippen molar-refractivity contribution in [2.45, 2.75) is 24.7 Å². The van der Waals surface area contributed by atoms with E-state index < -0.39 is 5.41 Å². The predicted molar refractivity (Wildman–Crippen MR) is 268 cm³/mol. The van der Waals surface area contributed by atoms with E-state index in [4.69, 9.17) is 0 Å². The molecule has 0 aromatic heterocycles. The molecule has 2 heteroatoms. The lowest BCUT2D eigenvalue weighted by molar-refractivity contribution is 0.661. The lowest BCUT2D eigenvalue weighted by Gasteiger charge is -2.37. The molecule has 1 unspecified atom stereocenters. The molecule has 12 rings (SSSR count). The summed E-state index contributed by atoms with van der Waals surface area (Å²) >= 11 is 0. The Balaban J connectivity index is 1.22. The second kappa shape index (κ2) is 14.9. The Bertz CT molecular complexity index is 3260. The standard InChI is InChI=1S/C62H46N2/c1-61(2)56-40-45(37-39-52(56)53-38-36-43-22-18-19-33-51(43)60(53)61)62(44-23-8-3-9-24-44)55-35-21-20-34-54(55)59-57(62)41-50(63(46-25-10-4-11-26-46)47-27-12-5-13-28-47)42-58(59)64(48-29-14-6-15-30-48)49-31-16-7-17-32-49/h3-42H,1-2H3. The first-order valence-electron chi connectivity index (χ1n) is 22.4. The van der Waals surface area contributed by atoms with Gasteiger partial charge >= 0.3 is 0 Å². The minimum atomic E-state index is -0.683. The molecule has 0 bridgehead atoms. The number of benzene rings is 10. The second-order valence-corrected chi connectivity index (χ2v) is 17.7. The number of fused-ring (bicyclic) bond motifs is 8. The Kier molecular flexibility index (Phi) is 8.77. The zero-order chi connectivity index (χ0) is 42.8. The molecule has 64 heavy (non-hydrogen) atoms. The molecule has 0 spiro atoms. The summed E-state index contributed by atoms with van der Waals surface area (Å²) in [6, 6.07) is 89.6. The Morgan fingerprint density at radius 2 is 0.844 bits per heavy atom. The average molecular weight is 819 g/mol. The van der Waals surface area contributed by atoms with E-state index in [1.165, 1.54) is 66.4 Å². The Labute approximate surface area is 376 Å². The summed E-state index contributed by atoms with van der Waals surface area (Å²) in [6.07, 6.45) is 0. The molecule has 10 aromatic carbocycles. The molecule has 0 N–H and O–H groups in total. The van der Waals surface area contributed by atoms with Gasteiger partial charge in [-0.2, -0.15) is 0 Å². The van der Waals surface area contributed by atoms with Gasteiger partial charge in [0, 0.05) is 39.4 Å². The van der Waals surface area contributed by atoms with Gasteiger partial charge in [0.15, 0.2) is 0 Å². The van der Waals surface area contributed by atoms with Crippen LogP contribution in [-0.4, -0.2) is 0 Å². The van der Waals surface area contributed by atoms with Gasteiger partial charge in [-0.3, -0.25) is 0 Å². The highest BCUT2D eigenvalue weighted by Gasteiger charge is 2.49. The average Bonchev–Trinajstić information content (AvgIpc) is 3.79. The first-order valence-corrected chi connectivity index (χ1v) is 22.4. The second-order valence-electron chi connectivity index (χ2n) is 17.7. The summed E-state index contributed by atoms with van der Waals surface area (Å²) in [5, 5.41) is 2.61. The molecule has 10 aromatic rings. The van der Waals surface area contributed by atoms with Crippen molar-refractivity contribution in [3.05, 3.63) is 276 Å². The molecule has 0 aliphatic heterocycles. The zero-order valence-electron chi connectivity index (χ0n) is 36.0. The van der Waals surface area contributed by atoms with Gasteiger partial charge < -0.3 is 9.80 Å². The van der Waals surface area contributed by atoms with Gasteiger partial charge in [0.1, 0.15) is 0 Å². The lowest BCUT2D eigenvalue weighted by Crippen LogP contribution is -2.30. The highest BCUT2D eigenvalue weighted by Crippen LogP contribution is 2.62. The van der Waals surface area contributed by atoms with Gasteiger partial charge in [0.2, 0.25) is 0 Å². The summed E-state index contributed by atoms with van der Waals surface area (Å²) in [5.74, 6) is 0. The van der Waals surface area contributed by atoms with Crippen LogP contribution < -0.4 is 9.80 Å². The third-order valence-electron chi connectivity index (χ3n) is 13.8. The number of para-hydroxylation sites is 4. The van der Waals surface area contributed by atoms with Crippen LogP contribution in [0.1, 0.15) is 47.2 Å². The number of hydrogen-bond donors (Lipinski definition) is 0. The van der Waals surface area contributed by atoms with Crippen molar-refractivity contribution in [1.29, 1.82) is 0 Å². The molecule has 0 radical (unpaired) electrons. The van der Waals surface area contributed by atoms with Crippen LogP contribution in [0, 0.1) is 0 Å². The van der Waals surface area contributed by atoms with Gasteiger partial charge in [-0.15, -0.1) is 0 Å². The summed E-state index contributed by atoms with van der Waals surface area (Å²) in [4.78, 5) is 4.88. The minimum Gasteiger partial charge on any atom is -0.310 e. The molecule has 0 saturated heterocycles. The minimum absolute atomic E-state index is 0.234. The third kappa shape index (κ3) is 5.65. The van der Waals surface area contributed by atoms with E-state index in [1.54, 1.807) is 0 Å². The third-order valence-corrected chi connectivity index (χ3v) is 13.8. The van der Waals surface area contributed by atoms with Gasteiger partial charge in [0.05, 0.1) is 11.1 Å². The van der Waals surface area contributed by atoms with Crippen LogP contribution in [0.2, 0.25) is 0 Å². The van der Waals surface area contributed by atoms with E-state index in [9.17, 15) is 0 Å². The molecule has 2 nitrogen and oxygen atoms in total. The van der Waals surface area contributed by atoms with Crippen LogP contribution in [-0.2, 0) is 10.8 Å². The van der Waals surface area contributed by atoms with Crippen LogP contribution in [0.3, 0.4) is 0 Å². The van der Waals surface area contributed by atoms with Crippen molar-refractivity contribution < 1.29 is 0 Å². The van der Waals surface area contributed by atoms with Crippen molar-refractivity contribution in [3.8, 4) is 22.3 Å². The maximum absolute atomic E-state index is 2.56. The number of hydrogen-bond acceptors (Lipinski definition) is 2. The SMILES string of the molecule is CC1(C)c2cc(C3(c4ccccc4)c4ccccc4-c4c(N(c5ccccc5)c5ccccc5)cc(N(c5ccccc5)c5ccccc5)cc43)ccc2-c2ccc3ccccc3c21. The van der Waals surface area contributed by atoms with Crippen LogP contribution in [0.5, 0.6) is 0 Å². The van der Waals surface area contributed by atoms with E-state index in [2.05, 4.69) is 266 Å². The quantitative estimate of drug-likeness (QED) is 0.151. The van der Waals surface area contributed by atoms with Crippen molar-refractivity contribution >= 4 is 44.9 Å². The molecule has 1 atom stereocenters. The largest absolute Gasteiger partial charge is 0.310 e. The molecule has 2 aliphatic carbocycles. The summed E-state index contributed by atoms with van der Waals surface area (Å²) in [5.41, 5.74) is 18.6. The Morgan fingerprint density at radius 3 is 1.47 bits per heavy atom. The summed E-state index contributed by atoms with van der Waals surface area (Å²) < 4.78 is 0. The van der Waals surface area contributed by atoms with Crippen LogP contribution in [0.25, 0.3) is 33.0 Å². The van der Waals surface area contributed by atoms with Crippen molar-refractivity contribution in [2.75, 3.05) is 9.80 Å². The fourth-order valence-electron chi connectivity index (χ4n) is 11.2. The van der Waals surface area contributed by atoms with Gasteiger partial charge in [0.25, 0.3) is 0 Å².